The topological polar surface area (TPSA) is 129 Å². The van der Waals surface area contributed by atoms with Gasteiger partial charge in [-0.15, -0.1) is 0 Å². The Hall–Kier alpha value is -3.53. The van der Waals surface area contributed by atoms with Crippen molar-refractivity contribution in [1.29, 1.82) is 0 Å². The van der Waals surface area contributed by atoms with Crippen LogP contribution in [0.5, 0.6) is 17.2 Å². The number of benzene rings is 2. The standard InChI is InChI=1S/C20H20ClN3O7/c1-12-9-13(21)4-5-16(12)29-6-2-3-19(25)22-23-20(26)14-10-17-18(31-8-7-30-17)11-15(14)24(27)28/h4-5,9-11H,2-3,6-8H2,1H3,(H,22,25)(H,23,26). The van der Waals surface area contributed by atoms with Gasteiger partial charge in [0.1, 0.15) is 24.5 Å². The molecule has 0 aromatic heterocycles. The van der Waals surface area contributed by atoms with Gasteiger partial charge in [0, 0.05) is 17.5 Å². The van der Waals surface area contributed by atoms with Crippen LogP contribution in [-0.2, 0) is 4.79 Å². The zero-order chi connectivity index (χ0) is 22.4. The Labute approximate surface area is 182 Å². The number of carbonyl (C=O) groups is 2. The zero-order valence-corrected chi connectivity index (χ0v) is 17.4. The molecule has 2 aromatic rings. The average molecular weight is 450 g/mol. The van der Waals surface area contributed by atoms with E-state index in [1.54, 1.807) is 18.2 Å². The molecule has 11 heteroatoms. The van der Waals surface area contributed by atoms with Crippen LogP contribution in [0.2, 0.25) is 5.02 Å². The van der Waals surface area contributed by atoms with Gasteiger partial charge in [0.25, 0.3) is 11.6 Å². The van der Waals surface area contributed by atoms with Gasteiger partial charge in [0.2, 0.25) is 5.91 Å². The van der Waals surface area contributed by atoms with E-state index in [1.165, 1.54) is 6.07 Å². The Morgan fingerprint density at radius 1 is 1.16 bits per heavy atom. The van der Waals surface area contributed by atoms with Gasteiger partial charge in [-0.05, 0) is 37.1 Å². The second-order valence-corrected chi connectivity index (χ2v) is 7.07. The van der Waals surface area contributed by atoms with Crippen LogP contribution in [0.25, 0.3) is 0 Å². The minimum Gasteiger partial charge on any atom is -0.493 e. The first kappa shape index (κ1) is 22.2. The summed E-state index contributed by atoms with van der Waals surface area (Å²) in [6.07, 6.45) is 0.476. The van der Waals surface area contributed by atoms with E-state index < -0.39 is 22.4 Å². The Morgan fingerprint density at radius 2 is 1.87 bits per heavy atom. The van der Waals surface area contributed by atoms with E-state index >= 15 is 0 Å². The summed E-state index contributed by atoms with van der Waals surface area (Å²) >= 11 is 5.89. The van der Waals surface area contributed by atoms with Crippen LogP contribution >= 0.6 is 11.6 Å². The number of hydrogen-bond donors (Lipinski definition) is 2. The lowest BCUT2D eigenvalue weighted by Gasteiger charge is -2.18. The minimum absolute atomic E-state index is 0.0795. The number of nitrogens with one attached hydrogen (secondary N) is 2. The van der Waals surface area contributed by atoms with Gasteiger partial charge >= 0.3 is 0 Å². The van der Waals surface area contributed by atoms with Crippen LogP contribution in [0.1, 0.15) is 28.8 Å². The third kappa shape index (κ3) is 5.76. The van der Waals surface area contributed by atoms with Crippen molar-refractivity contribution in [3.63, 3.8) is 0 Å². The molecular formula is C20H20ClN3O7. The van der Waals surface area contributed by atoms with Gasteiger partial charge in [-0.25, -0.2) is 0 Å². The lowest BCUT2D eigenvalue weighted by molar-refractivity contribution is -0.385. The molecule has 1 aliphatic heterocycles. The smallest absolute Gasteiger partial charge is 0.286 e. The van der Waals surface area contributed by atoms with Crippen molar-refractivity contribution in [3.05, 3.63) is 56.6 Å². The maximum absolute atomic E-state index is 12.4. The van der Waals surface area contributed by atoms with E-state index in [2.05, 4.69) is 10.9 Å². The third-order valence-electron chi connectivity index (χ3n) is 4.36. The number of carbonyl (C=O) groups excluding carboxylic acids is 2. The largest absolute Gasteiger partial charge is 0.493 e. The van der Waals surface area contributed by atoms with Gasteiger partial charge in [-0.3, -0.25) is 30.6 Å². The summed E-state index contributed by atoms with van der Waals surface area (Å²) in [7, 11) is 0. The fraction of sp³-hybridized carbons (Fsp3) is 0.300. The first-order chi connectivity index (χ1) is 14.8. The summed E-state index contributed by atoms with van der Waals surface area (Å²) in [5.41, 5.74) is 4.59. The van der Waals surface area contributed by atoms with Crippen molar-refractivity contribution in [3.8, 4) is 17.2 Å². The molecule has 10 nitrogen and oxygen atoms in total. The number of fused-ring (bicyclic) bond motifs is 1. The van der Waals surface area contributed by atoms with Crippen molar-refractivity contribution >= 4 is 29.1 Å². The van der Waals surface area contributed by atoms with Crippen LogP contribution in [0, 0.1) is 17.0 Å². The Morgan fingerprint density at radius 3 is 2.55 bits per heavy atom. The first-order valence-electron chi connectivity index (χ1n) is 9.41. The summed E-state index contributed by atoms with van der Waals surface area (Å²) < 4.78 is 16.3. The van der Waals surface area contributed by atoms with Crippen LogP contribution in [0.3, 0.4) is 0 Å². The van der Waals surface area contributed by atoms with Gasteiger partial charge in [0.15, 0.2) is 11.5 Å². The summed E-state index contributed by atoms with van der Waals surface area (Å²) in [6.45, 7) is 2.67. The molecule has 0 saturated heterocycles. The molecular weight excluding hydrogens is 430 g/mol. The number of nitrogens with zero attached hydrogens (tertiary/aromatic N) is 1. The molecule has 164 valence electrons. The van der Waals surface area contributed by atoms with Crippen molar-refractivity contribution in [2.75, 3.05) is 19.8 Å². The molecule has 2 N–H and O–H groups in total. The molecule has 0 atom stereocenters. The molecule has 1 heterocycles. The monoisotopic (exact) mass is 449 g/mol. The quantitative estimate of drug-likeness (QED) is 0.377. The summed E-state index contributed by atoms with van der Waals surface area (Å²) in [6, 6.07) is 7.58. The van der Waals surface area contributed by atoms with Crippen LogP contribution in [0.15, 0.2) is 30.3 Å². The minimum atomic E-state index is -0.843. The number of aryl methyl sites for hydroxylation is 1. The molecule has 0 fully saturated rings. The number of hydrazine groups is 1. The lowest BCUT2D eigenvalue weighted by Crippen LogP contribution is -2.41. The third-order valence-corrected chi connectivity index (χ3v) is 4.60. The van der Waals surface area contributed by atoms with Crippen molar-refractivity contribution in [2.24, 2.45) is 0 Å². The Balaban J connectivity index is 1.50. The predicted molar refractivity (Wildman–Crippen MR) is 111 cm³/mol. The molecule has 0 aliphatic carbocycles. The second kappa shape index (κ2) is 9.98. The van der Waals surface area contributed by atoms with E-state index in [9.17, 15) is 19.7 Å². The molecule has 1 aliphatic rings. The molecule has 31 heavy (non-hydrogen) atoms. The average Bonchev–Trinajstić information content (AvgIpc) is 2.75. The van der Waals surface area contributed by atoms with Gasteiger partial charge in [0.05, 0.1) is 17.6 Å². The number of ether oxygens (including phenoxy) is 3. The fourth-order valence-electron chi connectivity index (χ4n) is 2.86. The SMILES string of the molecule is Cc1cc(Cl)ccc1OCCCC(=O)NNC(=O)c1cc2c(cc1[N+](=O)[O-])OCCO2. The van der Waals surface area contributed by atoms with Crippen LogP contribution in [0.4, 0.5) is 5.69 Å². The number of nitro benzene ring substituents is 1. The molecule has 0 saturated carbocycles. The first-order valence-corrected chi connectivity index (χ1v) is 9.79. The summed E-state index contributed by atoms with van der Waals surface area (Å²) in [5, 5.41) is 11.9. The van der Waals surface area contributed by atoms with E-state index in [-0.39, 0.29) is 43.3 Å². The normalized spacial score (nSPS) is 12.1. The maximum Gasteiger partial charge on any atom is 0.286 e. The van der Waals surface area contributed by atoms with E-state index in [0.717, 1.165) is 11.6 Å². The number of halogens is 1. The van der Waals surface area contributed by atoms with E-state index in [1.807, 2.05) is 6.92 Å². The highest BCUT2D eigenvalue weighted by Gasteiger charge is 2.26. The molecule has 0 radical (unpaired) electrons. The molecule has 2 amide bonds. The van der Waals surface area contributed by atoms with Crippen molar-refractivity contribution in [2.45, 2.75) is 19.8 Å². The highest BCUT2D eigenvalue weighted by atomic mass is 35.5. The Bertz CT molecular complexity index is 1010. The fourth-order valence-corrected chi connectivity index (χ4v) is 3.08. The van der Waals surface area contributed by atoms with Crippen molar-refractivity contribution < 1.29 is 28.7 Å². The highest BCUT2D eigenvalue weighted by Crippen LogP contribution is 2.36. The molecule has 0 spiro atoms. The maximum atomic E-state index is 12.4. The Kier molecular flexibility index (Phi) is 7.14. The number of hydrogen-bond acceptors (Lipinski definition) is 7. The lowest BCUT2D eigenvalue weighted by atomic mass is 10.1. The van der Waals surface area contributed by atoms with E-state index in [4.69, 9.17) is 25.8 Å². The highest BCUT2D eigenvalue weighted by molar-refractivity contribution is 6.30. The van der Waals surface area contributed by atoms with Gasteiger partial charge in [-0.1, -0.05) is 11.6 Å². The van der Waals surface area contributed by atoms with E-state index in [0.29, 0.717) is 17.2 Å². The summed E-state index contributed by atoms with van der Waals surface area (Å²) in [5.74, 6) is -0.225. The number of nitro groups is 1. The van der Waals surface area contributed by atoms with Crippen LogP contribution < -0.4 is 25.1 Å². The van der Waals surface area contributed by atoms with Gasteiger partial charge < -0.3 is 14.2 Å². The molecule has 2 aromatic carbocycles. The number of amides is 2. The predicted octanol–water partition coefficient (Wildman–Crippen LogP) is 2.95. The van der Waals surface area contributed by atoms with Gasteiger partial charge in [-0.2, -0.15) is 0 Å². The summed E-state index contributed by atoms with van der Waals surface area (Å²) in [4.78, 5) is 35.0. The molecule has 0 unspecified atom stereocenters. The second-order valence-electron chi connectivity index (χ2n) is 6.63. The zero-order valence-electron chi connectivity index (χ0n) is 16.6. The number of rotatable bonds is 7. The molecule has 3 rings (SSSR count). The van der Waals surface area contributed by atoms with Crippen molar-refractivity contribution in [1.82, 2.24) is 10.9 Å². The molecule has 0 bridgehead atoms. The van der Waals surface area contributed by atoms with Crippen LogP contribution in [-0.4, -0.2) is 36.6 Å².